The van der Waals surface area contributed by atoms with E-state index in [-0.39, 0.29) is 36.0 Å². The second-order valence-electron chi connectivity index (χ2n) is 4.94. The van der Waals surface area contributed by atoms with E-state index in [2.05, 4.69) is 6.92 Å². The average molecular weight is 302 g/mol. The second-order valence-corrected chi connectivity index (χ2v) is 6.53. The molecular formula is C13H27NaO4S. The van der Waals surface area contributed by atoms with Gasteiger partial charge in [-0.25, -0.2) is 8.42 Å². The Balaban J connectivity index is 0. The maximum absolute atomic E-state index is 11.1. The van der Waals surface area contributed by atoms with E-state index in [1.807, 2.05) is 6.92 Å². The van der Waals surface area contributed by atoms with Gasteiger partial charge in [-0.1, -0.05) is 58.8 Å². The van der Waals surface area contributed by atoms with Crippen LogP contribution in [0.2, 0.25) is 0 Å². The molecule has 0 saturated heterocycles. The topological polar surface area (TPSA) is 77.4 Å². The van der Waals surface area contributed by atoms with Crippen LogP contribution in [-0.4, -0.2) is 29.4 Å². The third-order valence-corrected chi connectivity index (χ3v) is 4.54. The van der Waals surface area contributed by atoms with Crippen LogP contribution in [0.5, 0.6) is 0 Å². The van der Waals surface area contributed by atoms with Crippen molar-refractivity contribution in [3.8, 4) is 0 Å². The summed E-state index contributed by atoms with van der Waals surface area (Å²) in [7, 11) is -4.38. The average Bonchev–Trinajstić information content (AvgIpc) is 2.27. The van der Waals surface area contributed by atoms with Crippen molar-refractivity contribution in [1.29, 1.82) is 0 Å². The third kappa shape index (κ3) is 11.2. The summed E-state index contributed by atoms with van der Waals surface area (Å²) in [6.07, 6.45) is 6.38. The first-order valence-corrected chi connectivity index (χ1v) is 8.53. The van der Waals surface area contributed by atoms with E-state index in [0.717, 1.165) is 38.5 Å². The monoisotopic (exact) mass is 302 g/mol. The van der Waals surface area contributed by atoms with Gasteiger partial charge < -0.3 is 9.66 Å². The van der Waals surface area contributed by atoms with Gasteiger partial charge in [0.05, 0.1) is 11.4 Å². The van der Waals surface area contributed by atoms with Crippen molar-refractivity contribution in [1.82, 2.24) is 0 Å². The number of aliphatic hydroxyl groups excluding tert-OH is 1. The number of unbranched alkanes of at least 4 members (excludes halogenated alkanes) is 5. The quantitative estimate of drug-likeness (QED) is 0.326. The van der Waals surface area contributed by atoms with Gasteiger partial charge in [-0.05, 0) is 12.8 Å². The summed E-state index contributed by atoms with van der Waals surface area (Å²) in [6.45, 7) is 4.06. The summed E-state index contributed by atoms with van der Waals surface area (Å²) < 4.78 is 33.3. The summed E-state index contributed by atoms with van der Waals surface area (Å²) in [5.74, 6) is 0. The molecule has 0 aliphatic carbocycles. The van der Waals surface area contributed by atoms with Crippen molar-refractivity contribution in [3.63, 3.8) is 0 Å². The first-order chi connectivity index (χ1) is 8.43. The molecule has 0 aliphatic rings. The molecule has 0 amide bonds. The molecule has 4 nitrogen and oxygen atoms in total. The molecule has 0 aromatic carbocycles. The fraction of sp³-hybridized carbons (Fsp3) is 1.00. The third-order valence-electron chi connectivity index (χ3n) is 3.25. The molecule has 0 spiro atoms. The smallest absolute Gasteiger partial charge is 0.748 e. The maximum atomic E-state index is 11.1. The molecule has 0 aliphatic heterocycles. The fourth-order valence-electron chi connectivity index (χ4n) is 2.08. The van der Waals surface area contributed by atoms with Gasteiger partial charge in [0, 0.05) is 0 Å². The van der Waals surface area contributed by atoms with Gasteiger partial charge in [0.25, 0.3) is 0 Å². The second kappa shape index (κ2) is 12.6. The Morgan fingerprint density at radius 1 is 0.947 bits per heavy atom. The Hall–Kier alpha value is 0.870. The molecule has 0 saturated carbocycles. The van der Waals surface area contributed by atoms with Crippen LogP contribution in [0, 0.1) is 0 Å². The van der Waals surface area contributed by atoms with Crippen LogP contribution in [0.1, 0.15) is 71.6 Å². The van der Waals surface area contributed by atoms with E-state index in [1.54, 1.807) is 0 Å². The molecule has 110 valence electrons. The molecule has 0 bridgehead atoms. The van der Waals surface area contributed by atoms with Crippen molar-refractivity contribution in [3.05, 3.63) is 0 Å². The van der Waals surface area contributed by atoms with Gasteiger partial charge in [-0.3, -0.25) is 0 Å². The molecule has 19 heavy (non-hydrogen) atoms. The van der Waals surface area contributed by atoms with Crippen LogP contribution in [0.15, 0.2) is 0 Å². The molecule has 1 N–H and O–H groups in total. The zero-order valence-corrected chi connectivity index (χ0v) is 15.4. The van der Waals surface area contributed by atoms with Gasteiger partial charge in [0.1, 0.15) is 10.1 Å². The molecule has 2 unspecified atom stereocenters. The van der Waals surface area contributed by atoms with Crippen LogP contribution < -0.4 is 29.6 Å². The SMILES string of the molecule is CCCCCCCC(O)C(CCCC)S(=O)(=O)[O-].[Na+]. The Kier molecular flexibility index (Phi) is 14.7. The first kappa shape index (κ1) is 22.2. The molecule has 6 heteroatoms. The predicted molar refractivity (Wildman–Crippen MR) is 72.4 cm³/mol. The molecule has 0 heterocycles. The first-order valence-electron chi connectivity index (χ1n) is 7.06. The van der Waals surface area contributed by atoms with E-state index in [4.69, 9.17) is 0 Å². The van der Waals surface area contributed by atoms with E-state index < -0.39 is 21.5 Å². The Morgan fingerprint density at radius 3 is 1.95 bits per heavy atom. The van der Waals surface area contributed by atoms with Crippen molar-refractivity contribution < 1.29 is 47.6 Å². The van der Waals surface area contributed by atoms with Crippen molar-refractivity contribution in [2.45, 2.75) is 83.0 Å². The van der Waals surface area contributed by atoms with Crippen LogP contribution in [-0.2, 0) is 10.1 Å². The number of rotatable bonds is 11. The number of aliphatic hydroxyl groups is 1. The molecular weight excluding hydrogens is 275 g/mol. The predicted octanol–water partition coefficient (Wildman–Crippen LogP) is -0.184. The zero-order valence-electron chi connectivity index (χ0n) is 12.6. The van der Waals surface area contributed by atoms with Gasteiger partial charge in [-0.2, -0.15) is 0 Å². The Bertz CT molecular complexity index is 293. The van der Waals surface area contributed by atoms with E-state index in [1.165, 1.54) is 0 Å². The van der Waals surface area contributed by atoms with Gasteiger partial charge >= 0.3 is 29.6 Å². The van der Waals surface area contributed by atoms with Crippen LogP contribution in [0.25, 0.3) is 0 Å². The van der Waals surface area contributed by atoms with E-state index in [0.29, 0.717) is 12.8 Å². The summed E-state index contributed by atoms with van der Waals surface area (Å²) in [5.41, 5.74) is 0. The zero-order chi connectivity index (χ0) is 14.0. The molecule has 0 aromatic rings. The van der Waals surface area contributed by atoms with Crippen molar-refractivity contribution in [2.75, 3.05) is 0 Å². The number of hydrogen-bond donors (Lipinski definition) is 1. The normalized spacial score (nSPS) is 14.7. The minimum Gasteiger partial charge on any atom is -0.748 e. The minimum atomic E-state index is -4.38. The molecule has 0 rings (SSSR count). The van der Waals surface area contributed by atoms with Crippen molar-refractivity contribution in [2.24, 2.45) is 0 Å². The Labute approximate surface area is 140 Å². The van der Waals surface area contributed by atoms with E-state index >= 15 is 0 Å². The molecule has 0 radical (unpaired) electrons. The molecule has 2 atom stereocenters. The summed E-state index contributed by atoms with van der Waals surface area (Å²) in [6, 6.07) is 0. The maximum Gasteiger partial charge on any atom is 1.00 e. The van der Waals surface area contributed by atoms with Crippen LogP contribution >= 0.6 is 0 Å². The van der Waals surface area contributed by atoms with Gasteiger partial charge in [0.15, 0.2) is 0 Å². The fourth-order valence-corrected chi connectivity index (χ4v) is 3.05. The number of hydrogen-bond acceptors (Lipinski definition) is 4. The van der Waals surface area contributed by atoms with Crippen LogP contribution in [0.3, 0.4) is 0 Å². The molecule has 0 fully saturated rings. The standard InChI is InChI=1S/C13H28O4S.Na/c1-3-5-7-8-9-10-12(14)13(11-6-4-2)18(15,16)17;/h12-14H,3-11H2,1-2H3,(H,15,16,17);/q;+1/p-1. The Morgan fingerprint density at radius 2 is 1.47 bits per heavy atom. The largest absolute Gasteiger partial charge is 1.00 e. The molecule has 0 aromatic heterocycles. The summed E-state index contributed by atoms with van der Waals surface area (Å²) >= 11 is 0. The van der Waals surface area contributed by atoms with E-state index in [9.17, 15) is 18.1 Å². The summed E-state index contributed by atoms with van der Waals surface area (Å²) in [5, 5.41) is 8.73. The van der Waals surface area contributed by atoms with Crippen LogP contribution in [0.4, 0.5) is 0 Å². The van der Waals surface area contributed by atoms with Gasteiger partial charge in [0.2, 0.25) is 0 Å². The minimum absolute atomic E-state index is 0. The van der Waals surface area contributed by atoms with Gasteiger partial charge in [-0.15, -0.1) is 0 Å². The summed E-state index contributed by atoms with van der Waals surface area (Å²) in [4.78, 5) is 0. The van der Waals surface area contributed by atoms with Crippen molar-refractivity contribution >= 4 is 10.1 Å².